The van der Waals surface area contributed by atoms with E-state index in [1.165, 1.54) is 39.0 Å². The second-order valence-electron chi connectivity index (χ2n) is 6.35. The molecule has 2 aromatic carbocycles. The molecule has 0 heterocycles. The predicted molar refractivity (Wildman–Crippen MR) is 97.7 cm³/mol. The normalized spacial score (nSPS) is 16.7. The van der Waals surface area contributed by atoms with E-state index in [0.717, 1.165) is 12.8 Å². The van der Waals surface area contributed by atoms with Crippen LogP contribution < -0.4 is 0 Å². The Morgan fingerprint density at radius 2 is 1.61 bits per heavy atom. The molecule has 1 aliphatic carbocycles. The first-order chi connectivity index (χ1) is 11.0. The van der Waals surface area contributed by atoms with Gasteiger partial charge in [-0.2, -0.15) is 0 Å². The van der Waals surface area contributed by atoms with Crippen molar-refractivity contribution < 1.29 is 19.4 Å². The molecule has 0 bridgehead atoms. The summed E-state index contributed by atoms with van der Waals surface area (Å²) >= 11 is -2.38. The number of allylic oxidation sites excluding steroid dienone is 2. The molecule has 1 aliphatic rings. The van der Waals surface area contributed by atoms with Crippen LogP contribution in [0.5, 0.6) is 0 Å². The number of aryl methyl sites for hydroxylation is 3. The van der Waals surface area contributed by atoms with E-state index in [4.69, 9.17) is 17.0 Å². The Labute approximate surface area is 154 Å². The van der Waals surface area contributed by atoms with Gasteiger partial charge in [0, 0.05) is 0 Å². The molecule has 1 atom stereocenters. The van der Waals surface area contributed by atoms with E-state index in [0.29, 0.717) is 3.63 Å². The Kier molecular flexibility index (Phi) is 5.51. The van der Waals surface area contributed by atoms with Crippen molar-refractivity contribution in [1.82, 2.24) is 0 Å². The second-order valence-corrected chi connectivity index (χ2v) is 15.2. The molecule has 0 spiro atoms. The summed E-state index contributed by atoms with van der Waals surface area (Å²) in [7, 11) is 13.0. The van der Waals surface area contributed by atoms with Gasteiger partial charge in [0.05, 0.1) is 0 Å². The molecule has 0 nitrogen and oxygen atoms in total. The van der Waals surface area contributed by atoms with E-state index in [1.54, 1.807) is 0 Å². The fourth-order valence-electron chi connectivity index (χ4n) is 3.62. The molecule has 1 unspecified atom stereocenters. The van der Waals surface area contributed by atoms with Gasteiger partial charge in [0.25, 0.3) is 0 Å². The van der Waals surface area contributed by atoms with E-state index in [2.05, 4.69) is 63.2 Å². The molecule has 119 valence electrons. The summed E-state index contributed by atoms with van der Waals surface area (Å²) in [5.74, 6) is 0. The first kappa shape index (κ1) is 17.5. The number of halogens is 2. The van der Waals surface area contributed by atoms with E-state index < -0.39 is 19.4 Å². The molecule has 0 saturated heterocycles. The van der Waals surface area contributed by atoms with Crippen LogP contribution in [0.3, 0.4) is 0 Å². The van der Waals surface area contributed by atoms with Crippen LogP contribution in [0, 0.1) is 6.92 Å². The second kappa shape index (κ2) is 7.26. The topological polar surface area (TPSA) is 0 Å². The molecular formula is C20H21Cl2Zr. The van der Waals surface area contributed by atoms with Crippen LogP contribution in [0.1, 0.15) is 45.3 Å². The zero-order valence-corrected chi connectivity index (χ0v) is 17.8. The molecule has 0 saturated carbocycles. The molecule has 2 aromatic rings. The van der Waals surface area contributed by atoms with E-state index >= 15 is 0 Å². The van der Waals surface area contributed by atoms with Crippen LogP contribution in [0.4, 0.5) is 0 Å². The van der Waals surface area contributed by atoms with Gasteiger partial charge in [-0.3, -0.25) is 0 Å². The van der Waals surface area contributed by atoms with Crippen LogP contribution in [0.2, 0.25) is 0 Å². The fraction of sp³-hybridized carbons (Fsp3) is 0.300. The summed E-state index contributed by atoms with van der Waals surface area (Å²) in [5.41, 5.74) is 9.81. The Balaban J connectivity index is 1.98. The molecule has 0 radical (unpaired) electrons. The Morgan fingerprint density at radius 1 is 0.913 bits per heavy atom. The van der Waals surface area contributed by atoms with Gasteiger partial charge in [-0.05, 0) is 0 Å². The molecule has 0 N–H and O–H groups in total. The van der Waals surface area contributed by atoms with Gasteiger partial charge in [-0.25, -0.2) is 0 Å². The first-order valence-corrected chi connectivity index (χ1v) is 15.8. The third-order valence-corrected chi connectivity index (χ3v) is 10.4. The van der Waals surface area contributed by atoms with Crippen molar-refractivity contribution in [2.24, 2.45) is 0 Å². The van der Waals surface area contributed by atoms with Crippen molar-refractivity contribution in [3.8, 4) is 0 Å². The minimum absolute atomic E-state index is 0.326. The SMILES string of the molecule is CC1=C(C)[CH]([Zr]([Cl])[Cl])c2c(C)ccc(CCc3ccccc3)c21. The zero-order valence-electron chi connectivity index (χ0n) is 13.8. The summed E-state index contributed by atoms with van der Waals surface area (Å²) < 4.78 is 0.326. The molecule has 23 heavy (non-hydrogen) atoms. The van der Waals surface area contributed by atoms with Crippen LogP contribution in [0.25, 0.3) is 5.57 Å². The monoisotopic (exact) mass is 421 g/mol. The maximum absolute atomic E-state index is 6.50. The average Bonchev–Trinajstić information content (AvgIpc) is 2.81. The van der Waals surface area contributed by atoms with E-state index in [-0.39, 0.29) is 0 Å². The van der Waals surface area contributed by atoms with E-state index in [9.17, 15) is 0 Å². The van der Waals surface area contributed by atoms with Crippen LogP contribution in [0.15, 0.2) is 48.0 Å². The zero-order chi connectivity index (χ0) is 16.6. The van der Waals surface area contributed by atoms with Gasteiger partial charge in [-0.1, -0.05) is 0 Å². The molecule has 0 aliphatic heterocycles. The summed E-state index contributed by atoms with van der Waals surface area (Å²) in [5, 5.41) is 0. The Bertz CT molecular complexity index is 748. The minimum atomic E-state index is -2.38. The van der Waals surface area contributed by atoms with Gasteiger partial charge in [-0.15, -0.1) is 0 Å². The summed E-state index contributed by atoms with van der Waals surface area (Å²) in [4.78, 5) is 0. The van der Waals surface area contributed by atoms with Gasteiger partial charge in [0.15, 0.2) is 0 Å². The standard InChI is InChI=1S/C20H21.2ClH.Zr/c1-14-9-11-18(12-10-17-7-5-4-6-8-17)20-16(3)15(2)13-19(14)20;;;/h4-9,11,13H,10,12H2,1-3H3;2*1H;/q;;;+2/p-2. The van der Waals surface area contributed by atoms with Crippen molar-refractivity contribution in [3.05, 3.63) is 75.9 Å². The summed E-state index contributed by atoms with van der Waals surface area (Å²) in [6.45, 7) is 6.64. The van der Waals surface area contributed by atoms with Gasteiger partial charge < -0.3 is 0 Å². The summed E-state index contributed by atoms with van der Waals surface area (Å²) in [6.07, 6.45) is 2.13. The summed E-state index contributed by atoms with van der Waals surface area (Å²) in [6, 6.07) is 15.2. The molecule has 0 fully saturated rings. The van der Waals surface area contributed by atoms with Crippen LogP contribution >= 0.6 is 17.0 Å². The van der Waals surface area contributed by atoms with Crippen molar-refractivity contribution in [2.45, 2.75) is 37.2 Å². The molecule has 3 heteroatoms. The molecular weight excluding hydrogens is 402 g/mol. The van der Waals surface area contributed by atoms with Gasteiger partial charge in [0.1, 0.15) is 0 Å². The first-order valence-electron chi connectivity index (χ1n) is 8.02. The third-order valence-electron chi connectivity index (χ3n) is 4.98. The molecule has 0 amide bonds. The third kappa shape index (κ3) is 3.39. The van der Waals surface area contributed by atoms with Crippen molar-refractivity contribution >= 4 is 22.6 Å². The number of rotatable bonds is 4. The number of hydrogen-bond acceptors (Lipinski definition) is 0. The Morgan fingerprint density at radius 3 is 2.26 bits per heavy atom. The van der Waals surface area contributed by atoms with Crippen LogP contribution in [-0.4, -0.2) is 0 Å². The van der Waals surface area contributed by atoms with Gasteiger partial charge >= 0.3 is 155 Å². The average molecular weight is 424 g/mol. The van der Waals surface area contributed by atoms with Gasteiger partial charge in [0.2, 0.25) is 0 Å². The van der Waals surface area contributed by atoms with Crippen molar-refractivity contribution in [3.63, 3.8) is 0 Å². The fourth-order valence-corrected chi connectivity index (χ4v) is 9.63. The van der Waals surface area contributed by atoms with Crippen molar-refractivity contribution in [1.29, 1.82) is 0 Å². The number of benzene rings is 2. The van der Waals surface area contributed by atoms with Crippen LogP contribution in [-0.2, 0) is 32.2 Å². The molecule has 0 aromatic heterocycles. The number of hydrogen-bond donors (Lipinski definition) is 0. The Hall–Kier alpha value is -0.357. The van der Waals surface area contributed by atoms with Crippen molar-refractivity contribution in [2.75, 3.05) is 0 Å². The maximum atomic E-state index is 6.50. The quantitative estimate of drug-likeness (QED) is 0.523. The van der Waals surface area contributed by atoms with E-state index in [1.807, 2.05) is 0 Å². The predicted octanol–water partition coefficient (Wildman–Crippen LogP) is 6.55. The number of fused-ring (bicyclic) bond motifs is 1. The molecule has 3 rings (SSSR count).